The van der Waals surface area contributed by atoms with Gasteiger partial charge in [0, 0.05) is 19.9 Å². The maximum absolute atomic E-state index is 13.1. The lowest BCUT2D eigenvalue weighted by Gasteiger charge is -2.12. The first-order valence-corrected chi connectivity index (χ1v) is 7.19. The van der Waals surface area contributed by atoms with Crippen molar-refractivity contribution in [3.05, 3.63) is 47.8 Å². The van der Waals surface area contributed by atoms with E-state index < -0.39 is 23.8 Å². The minimum absolute atomic E-state index is 0.158. The van der Waals surface area contributed by atoms with Crippen molar-refractivity contribution < 1.29 is 23.4 Å². The van der Waals surface area contributed by atoms with E-state index >= 15 is 0 Å². The predicted molar refractivity (Wildman–Crippen MR) is 82.4 cm³/mol. The average Bonchev–Trinajstić information content (AvgIpc) is 3.00. The molecule has 2 aromatic rings. The van der Waals surface area contributed by atoms with Crippen molar-refractivity contribution in [2.24, 2.45) is 0 Å². The van der Waals surface area contributed by atoms with Crippen LogP contribution >= 0.6 is 0 Å². The Balaban J connectivity index is 1.81. The Morgan fingerprint density at radius 2 is 2.21 bits per heavy atom. The molecule has 0 aliphatic carbocycles. The molecular weight excluding hydrogens is 322 g/mol. The summed E-state index contributed by atoms with van der Waals surface area (Å²) in [5.41, 5.74) is 0.646. The summed E-state index contributed by atoms with van der Waals surface area (Å²) < 4.78 is 32.5. The molecule has 0 aliphatic heterocycles. The molecule has 0 saturated carbocycles. The first-order valence-electron chi connectivity index (χ1n) is 7.19. The molecule has 0 aliphatic rings. The summed E-state index contributed by atoms with van der Waals surface area (Å²) in [5, 5.41) is 18.9. The van der Waals surface area contributed by atoms with Gasteiger partial charge < -0.3 is 20.5 Å². The number of benzene rings is 1. The highest BCUT2D eigenvalue weighted by molar-refractivity contribution is 5.88. The number of nitrogens with one attached hydrogen (secondary N) is 2. The summed E-state index contributed by atoms with van der Waals surface area (Å²) in [7, 11) is 1.58. The van der Waals surface area contributed by atoms with E-state index in [0.29, 0.717) is 18.8 Å². The van der Waals surface area contributed by atoms with Crippen LogP contribution in [0.2, 0.25) is 0 Å². The molecule has 1 aromatic carbocycles. The highest BCUT2D eigenvalue weighted by Crippen LogP contribution is 2.15. The molecule has 3 N–H and O–H groups in total. The van der Waals surface area contributed by atoms with Crippen LogP contribution in [0.15, 0.2) is 30.6 Å². The Morgan fingerprint density at radius 3 is 2.92 bits per heavy atom. The van der Waals surface area contributed by atoms with Gasteiger partial charge in [0.25, 0.3) is 0 Å². The Bertz CT molecular complexity index is 693. The molecule has 9 heteroatoms. The van der Waals surface area contributed by atoms with Crippen LogP contribution in [0.5, 0.6) is 0 Å². The molecule has 0 fully saturated rings. The van der Waals surface area contributed by atoms with E-state index in [1.165, 1.54) is 12.3 Å². The van der Waals surface area contributed by atoms with E-state index in [1.54, 1.807) is 18.0 Å². The Hall–Kier alpha value is -2.52. The number of halogens is 2. The number of hydrogen-bond acceptors (Lipinski definition) is 4. The van der Waals surface area contributed by atoms with Crippen LogP contribution in [-0.4, -0.2) is 41.2 Å². The quantitative estimate of drug-likeness (QED) is 0.715. The summed E-state index contributed by atoms with van der Waals surface area (Å²) in [6, 6.07) is 2.51. The first kappa shape index (κ1) is 17.8. The first-order chi connectivity index (χ1) is 11.5. The fourth-order valence-electron chi connectivity index (χ4n) is 1.94. The number of methoxy groups -OCH3 is 1. The number of aliphatic hydroxyl groups is 1. The van der Waals surface area contributed by atoms with Crippen LogP contribution in [0.1, 0.15) is 11.7 Å². The number of carbonyl (C=O) groups excluding carboxylic acids is 1. The number of aromatic nitrogens is 2. The van der Waals surface area contributed by atoms with E-state index in [-0.39, 0.29) is 12.1 Å². The maximum atomic E-state index is 13.1. The molecule has 1 aromatic heterocycles. The third kappa shape index (κ3) is 5.00. The van der Waals surface area contributed by atoms with Crippen LogP contribution < -0.4 is 10.6 Å². The summed E-state index contributed by atoms with van der Waals surface area (Å²) in [6.07, 6.45) is 1.95. The van der Waals surface area contributed by atoms with Crippen molar-refractivity contribution in [3.63, 3.8) is 0 Å². The Kier molecular flexibility index (Phi) is 6.21. The molecule has 1 atom stereocenters. The second kappa shape index (κ2) is 8.37. The Morgan fingerprint density at radius 1 is 1.42 bits per heavy atom. The van der Waals surface area contributed by atoms with Crippen molar-refractivity contribution in [2.75, 3.05) is 25.6 Å². The van der Waals surface area contributed by atoms with Gasteiger partial charge in [-0.15, -0.1) is 0 Å². The van der Waals surface area contributed by atoms with Crippen molar-refractivity contribution >= 4 is 11.7 Å². The molecule has 130 valence electrons. The van der Waals surface area contributed by atoms with Gasteiger partial charge in [0.1, 0.15) is 0 Å². The monoisotopic (exact) mass is 340 g/mol. The predicted octanol–water partition coefficient (Wildman–Crippen LogP) is 1.66. The van der Waals surface area contributed by atoms with Gasteiger partial charge >= 0.3 is 6.03 Å². The number of amides is 2. The summed E-state index contributed by atoms with van der Waals surface area (Å²) in [4.78, 5) is 11.8. The van der Waals surface area contributed by atoms with E-state index in [2.05, 4.69) is 15.7 Å². The fraction of sp³-hybridized carbons (Fsp3) is 0.333. The van der Waals surface area contributed by atoms with Crippen LogP contribution in [-0.2, 0) is 11.3 Å². The Labute approximate surface area is 137 Å². The SMILES string of the molecule is COCCn1cc(NC(=O)NC[C@@H](O)c2ccc(F)c(F)c2)cn1. The summed E-state index contributed by atoms with van der Waals surface area (Å²) in [5.74, 6) is -2.05. The van der Waals surface area contributed by atoms with Gasteiger partial charge in [-0.1, -0.05) is 6.07 Å². The van der Waals surface area contributed by atoms with Crippen LogP contribution in [0, 0.1) is 11.6 Å². The second-order valence-electron chi connectivity index (χ2n) is 5.01. The highest BCUT2D eigenvalue weighted by atomic mass is 19.2. The molecule has 2 amide bonds. The number of aliphatic hydroxyl groups excluding tert-OH is 1. The highest BCUT2D eigenvalue weighted by Gasteiger charge is 2.12. The topological polar surface area (TPSA) is 88.4 Å². The molecule has 0 spiro atoms. The maximum Gasteiger partial charge on any atom is 0.319 e. The lowest BCUT2D eigenvalue weighted by molar-refractivity contribution is 0.174. The van der Waals surface area contributed by atoms with Gasteiger partial charge in [0.05, 0.1) is 31.1 Å². The minimum Gasteiger partial charge on any atom is -0.387 e. The van der Waals surface area contributed by atoms with E-state index in [1.807, 2.05) is 0 Å². The van der Waals surface area contributed by atoms with Crippen molar-refractivity contribution in [2.45, 2.75) is 12.6 Å². The van der Waals surface area contributed by atoms with Crippen molar-refractivity contribution in [1.29, 1.82) is 0 Å². The van der Waals surface area contributed by atoms with Crippen LogP contribution in [0.4, 0.5) is 19.3 Å². The number of carbonyl (C=O) groups is 1. The van der Waals surface area contributed by atoms with E-state index in [9.17, 15) is 18.7 Å². The molecule has 1 heterocycles. The molecule has 0 unspecified atom stereocenters. The van der Waals surface area contributed by atoms with Gasteiger partial charge in [-0.05, 0) is 17.7 Å². The summed E-state index contributed by atoms with van der Waals surface area (Å²) >= 11 is 0. The van der Waals surface area contributed by atoms with Crippen LogP contribution in [0.3, 0.4) is 0 Å². The third-order valence-corrected chi connectivity index (χ3v) is 3.20. The van der Waals surface area contributed by atoms with Gasteiger partial charge in [-0.2, -0.15) is 5.10 Å². The lowest BCUT2D eigenvalue weighted by atomic mass is 10.1. The van der Waals surface area contributed by atoms with E-state index in [4.69, 9.17) is 4.74 Å². The number of hydrogen-bond donors (Lipinski definition) is 3. The molecule has 24 heavy (non-hydrogen) atoms. The standard InChI is InChI=1S/C15H18F2N4O3/c1-24-5-4-21-9-11(7-19-21)20-15(23)18-8-14(22)10-2-3-12(16)13(17)6-10/h2-3,6-7,9,14,22H,4-5,8H2,1H3,(H2,18,20,23)/t14-/m1/s1. The normalized spacial score (nSPS) is 12.0. The van der Waals surface area contributed by atoms with Crippen molar-refractivity contribution in [1.82, 2.24) is 15.1 Å². The molecular formula is C15H18F2N4O3. The van der Waals surface area contributed by atoms with Gasteiger partial charge in [0.2, 0.25) is 0 Å². The van der Waals surface area contributed by atoms with E-state index in [0.717, 1.165) is 12.1 Å². The minimum atomic E-state index is -1.16. The van der Waals surface area contributed by atoms with Gasteiger partial charge in [-0.25, -0.2) is 13.6 Å². The van der Waals surface area contributed by atoms with Gasteiger partial charge in [0.15, 0.2) is 11.6 Å². The fourth-order valence-corrected chi connectivity index (χ4v) is 1.94. The molecule has 0 saturated heterocycles. The zero-order chi connectivity index (χ0) is 17.5. The number of anilines is 1. The molecule has 7 nitrogen and oxygen atoms in total. The molecule has 2 rings (SSSR count). The lowest BCUT2D eigenvalue weighted by Crippen LogP contribution is -2.32. The zero-order valence-electron chi connectivity index (χ0n) is 13.0. The molecule has 0 bridgehead atoms. The average molecular weight is 340 g/mol. The number of ether oxygens (including phenoxy) is 1. The summed E-state index contributed by atoms with van der Waals surface area (Å²) in [6.45, 7) is 0.886. The second-order valence-corrected chi connectivity index (χ2v) is 5.01. The van der Waals surface area contributed by atoms with Crippen LogP contribution in [0.25, 0.3) is 0 Å². The largest absolute Gasteiger partial charge is 0.387 e. The number of rotatable bonds is 7. The number of urea groups is 1. The van der Waals surface area contributed by atoms with Gasteiger partial charge in [-0.3, -0.25) is 4.68 Å². The molecule has 0 radical (unpaired) electrons. The zero-order valence-corrected chi connectivity index (χ0v) is 13.0. The third-order valence-electron chi connectivity index (χ3n) is 3.20. The van der Waals surface area contributed by atoms with Crippen molar-refractivity contribution in [3.8, 4) is 0 Å². The number of nitrogens with zero attached hydrogens (tertiary/aromatic N) is 2. The smallest absolute Gasteiger partial charge is 0.319 e.